The maximum Gasteiger partial charge on any atom is 0.290 e. The Kier molecular flexibility index (Phi) is 4.04. The van der Waals surface area contributed by atoms with Crippen LogP contribution in [0.3, 0.4) is 0 Å². The molecule has 1 amide bonds. The smallest absolute Gasteiger partial charge is 0.290 e. The lowest BCUT2D eigenvalue weighted by atomic mass is 9.60. The summed E-state index contributed by atoms with van der Waals surface area (Å²) in [7, 11) is 1.67. The van der Waals surface area contributed by atoms with Gasteiger partial charge in [-0.25, -0.2) is 4.98 Å². The zero-order valence-corrected chi connectivity index (χ0v) is 16.4. The molecule has 28 heavy (non-hydrogen) atoms. The fourth-order valence-electron chi connectivity index (χ4n) is 5.41. The number of aromatic nitrogens is 2. The van der Waals surface area contributed by atoms with E-state index in [1.165, 1.54) is 0 Å². The van der Waals surface area contributed by atoms with Crippen LogP contribution in [0.15, 0.2) is 0 Å². The predicted octanol–water partition coefficient (Wildman–Crippen LogP) is 2.32. The van der Waals surface area contributed by atoms with Gasteiger partial charge in [-0.2, -0.15) is 13.8 Å². The fraction of sp³-hybridized carbons (Fsp3) is 0.750. The zero-order chi connectivity index (χ0) is 19.6. The average Bonchev–Trinajstić information content (AvgIpc) is 2.99. The molecule has 4 atom stereocenters. The lowest BCUT2D eigenvalue weighted by molar-refractivity contribution is -0.124. The molecule has 2 bridgehead atoms. The van der Waals surface area contributed by atoms with E-state index >= 15 is 0 Å². The second-order valence-corrected chi connectivity index (χ2v) is 8.91. The topological polar surface area (TPSA) is 61.4 Å². The number of halogens is 2. The lowest BCUT2D eigenvalue weighted by Crippen LogP contribution is -2.56. The van der Waals surface area contributed by atoms with Gasteiger partial charge in [0.2, 0.25) is 11.9 Å². The third-order valence-corrected chi connectivity index (χ3v) is 7.31. The minimum Gasteiger partial charge on any atom is -0.359 e. The molecule has 1 aromatic heterocycles. The van der Waals surface area contributed by atoms with Crippen LogP contribution < -0.4 is 15.1 Å². The van der Waals surface area contributed by atoms with E-state index in [1.54, 1.807) is 7.05 Å². The first-order chi connectivity index (χ1) is 13.4. The number of amides is 1. The van der Waals surface area contributed by atoms with E-state index in [9.17, 15) is 13.6 Å². The van der Waals surface area contributed by atoms with Crippen molar-refractivity contribution in [2.75, 3.05) is 36.5 Å². The number of nitrogens with zero attached hydrogens (tertiary/aromatic N) is 4. The third-order valence-electron chi connectivity index (χ3n) is 7.31. The lowest BCUT2D eigenvalue weighted by Gasteiger charge is -2.54. The van der Waals surface area contributed by atoms with Gasteiger partial charge in [0.1, 0.15) is 11.5 Å². The first-order valence-corrected chi connectivity index (χ1v) is 10.4. The van der Waals surface area contributed by atoms with Crippen molar-refractivity contribution in [3.8, 4) is 0 Å². The molecule has 0 spiro atoms. The van der Waals surface area contributed by atoms with Gasteiger partial charge in [0.05, 0.1) is 0 Å². The fourth-order valence-corrected chi connectivity index (χ4v) is 5.41. The van der Waals surface area contributed by atoms with Crippen LogP contribution in [-0.4, -0.2) is 48.6 Å². The molecule has 152 valence electrons. The van der Waals surface area contributed by atoms with Gasteiger partial charge in [0.15, 0.2) is 0 Å². The minimum atomic E-state index is -2.86. The van der Waals surface area contributed by atoms with Crippen molar-refractivity contribution >= 4 is 17.7 Å². The predicted molar refractivity (Wildman–Crippen MR) is 102 cm³/mol. The molecule has 2 aliphatic carbocycles. The van der Waals surface area contributed by atoms with Gasteiger partial charge < -0.3 is 15.1 Å². The number of piperidine rings is 2. The Hall–Kier alpha value is -1.99. The largest absolute Gasteiger partial charge is 0.359 e. The van der Waals surface area contributed by atoms with E-state index < -0.39 is 5.92 Å². The molecule has 6 nitrogen and oxygen atoms in total. The van der Waals surface area contributed by atoms with Crippen LogP contribution in [0.2, 0.25) is 0 Å². The minimum absolute atomic E-state index is 0.0623. The van der Waals surface area contributed by atoms with Crippen molar-refractivity contribution in [2.24, 2.45) is 17.8 Å². The molecule has 4 fully saturated rings. The van der Waals surface area contributed by atoms with Gasteiger partial charge in [-0.05, 0) is 43.9 Å². The van der Waals surface area contributed by atoms with Crippen molar-refractivity contribution in [2.45, 2.75) is 51.0 Å². The molecule has 8 heteroatoms. The summed E-state index contributed by atoms with van der Waals surface area (Å²) in [5, 5.41) is 2.71. The molecule has 3 aliphatic heterocycles. The Morgan fingerprint density at radius 3 is 2.64 bits per heavy atom. The number of anilines is 2. The molecule has 4 heterocycles. The Morgan fingerprint density at radius 2 is 2.04 bits per heavy atom. The van der Waals surface area contributed by atoms with Gasteiger partial charge in [0, 0.05) is 51.1 Å². The second-order valence-electron chi connectivity index (χ2n) is 8.91. The van der Waals surface area contributed by atoms with Crippen LogP contribution in [0.1, 0.15) is 43.9 Å². The summed E-state index contributed by atoms with van der Waals surface area (Å²) in [6, 6.07) is 0.299. The summed E-state index contributed by atoms with van der Waals surface area (Å²) in [5.74, 6) is -0.326. The van der Waals surface area contributed by atoms with Crippen molar-refractivity contribution in [1.82, 2.24) is 15.3 Å². The first-order valence-electron chi connectivity index (χ1n) is 10.4. The maximum atomic E-state index is 14.5. The molecule has 6 rings (SSSR count). The summed E-state index contributed by atoms with van der Waals surface area (Å²) < 4.78 is 29.0. The standard InChI is InChI=1S/C20H27F2N5O/c1-11-4-6-27(11)19-24-17-14(3-5-20(17,21)22)18(25-19)26-9-12-7-13(10-26)15(12)8-16(28)23-2/h11-13,15H,3-10H2,1-2H3,(H,23,28)/t11-,12-,13+,15+/m0/s1. The Bertz CT molecular complexity index is 804. The summed E-state index contributed by atoms with van der Waals surface area (Å²) in [6.07, 6.45) is 2.89. The summed E-state index contributed by atoms with van der Waals surface area (Å²) in [5.41, 5.74) is 0.568. The van der Waals surface area contributed by atoms with Gasteiger partial charge in [-0.1, -0.05) is 0 Å². The molecule has 1 saturated carbocycles. The van der Waals surface area contributed by atoms with E-state index in [1.807, 2.05) is 4.90 Å². The third kappa shape index (κ3) is 2.67. The summed E-state index contributed by atoms with van der Waals surface area (Å²) in [6.45, 7) is 4.49. The van der Waals surface area contributed by atoms with Crippen molar-refractivity contribution in [3.05, 3.63) is 11.3 Å². The van der Waals surface area contributed by atoms with Gasteiger partial charge in [0.25, 0.3) is 5.92 Å². The number of carbonyl (C=O) groups excluding carboxylic acids is 1. The van der Waals surface area contributed by atoms with Crippen molar-refractivity contribution in [3.63, 3.8) is 0 Å². The summed E-state index contributed by atoms with van der Waals surface area (Å²) in [4.78, 5) is 25.1. The normalized spacial score (nSPS) is 32.4. The Balaban J connectivity index is 1.44. The number of rotatable bonds is 4. The second kappa shape index (κ2) is 6.26. The van der Waals surface area contributed by atoms with E-state index in [4.69, 9.17) is 4.98 Å². The maximum absolute atomic E-state index is 14.5. The van der Waals surface area contributed by atoms with Crippen LogP contribution in [0.5, 0.6) is 0 Å². The molecule has 5 aliphatic rings. The molecule has 1 N–H and O–H groups in total. The highest BCUT2D eigenvalue weighted by molar-refractivity contribution is 5.76. The van der Waals surface area contributed by atoms with Crippen LogP contribution in [0, 0.1) is 17.8 Å². The van der Waals surface area contributed by atoms with Gasteiger partial charge >= 0.3 is 0 Å². The van der Waals surface area contributed by atoms with Crippen molar-refractivity contribution in [1.29, 1.82) is 0 Å². The van der Waals surface area contributed by atoms with Crippen LogP contribution >= 0.6 is 0 Å². The van der Waals surface area contributed by atoms with Gasteiger partial charge in [-0.15, -0.1) is 0 Å². The molecular formula is C20H27F2N5O. The Labute approximate surface area is 163 Å². The first kappa shape index (κ1) is 18.1. The van der Waals surface area contributed by atoms with Crippen molar-refractivity contribution < 1.29 is 13.6 Å². The number of hydrogen-bond donors (Lipinski definition) is 1. The van der Waals surface area contributed by atoms with Gasteiger partial charge in [-0.3, -0.25) is 4.79 Å². The molecular weight excluding hydrogens is 364 g/mol. The zero-order valence-electron chi connectivity index (χ0n) is 16.4. The highest BCUT2D eigenvalue weighted by Gasteiger charge is 2.50. The molecule has 0 unspecified atom stereocenters. The van der Waals surface area contributed by atoms with E-state index in [2.05, 4.69) is 22.1 Å². The summed E-state index contributed by atoms with van der Waals surface area (Å²) >= 11 is 0. The molecule has 1 aromatic rings. The number of carbonyl (C=O) groups is 1. The van der Waals surface area contributed by atoms with Crippen LogP contribution in [0.25, 0.3) is 0 Å². The SMILES string of the molecule is CNC(=O)C[C@H]1[C@@H]2C[C@H]1CN(c1nc(N3CC[C@@H]3C)nc3c1CCC3(F)F)C2. The monoisotopic (exact) mass is 391 g/mol. The van der Waals surface area contributed by atoms with E-state index in [-0.39, 0.29) is 18.0 Å². The van der Waals surface area contributed by atoms with Crippen LogP contribution in [0.4, 0.5) is 20.5 Å². The molecule has 0 radical (unpaired) electrons. The molecule has 3 saturated heterocycles. The highest BCUT2D eigenvalue weighted by atomic mass is 19.3. The average molecular weight is 391 g/mol. The number of alkyl halides is 2. The molecule has 0 aromatic carbocycles. The Morgan fingerprint density at radius 1 is 1.29 bits per heavy atom. The number of fused-ring (bicyclic) bond motifs is 3. The van der Waals surface area contributed by atoms with Crippen LogP contribution in [-0.2, 0) is 17.1 Å². The van der Waals surface area contributed by atoms with E-state index in [0.717, 1.165) is 32.5 Å². The number of nitrogens with one attached hydrogen (secondary N) is 1. The quantitative estimate of drug-likeness (QED) is 0.854. The number of hydrogen-bond acceptors (Lipinski definition) is 5. The van der Waals surface area contributed by atoms with E-state index in [0.29, 0.717) is 54.0 Å². The highest BCUT2D eigenvalue weighted by Crippen LogP contribution is 2.50.